The Hall–Kier alpha value is -12.8. The van der Waals surface area contributed by atoms with Crippen LogP contribution in [0.1, 0.15) is 0 Å². The van der Waals surface area contributed by atoms with Gasteiger partial charge in [-0.3, -0.25) is 16.0 Å². The standard InChI is InChI=1S/C46H44N3O13PS3.C21H12N3O6PS.C15H16OS2.C5H8O3/c1-3-42(50)55-27-29-57-44(52)47-33-15-21-36(22-16-33)60-63(64,61-37-23-17-34(18-24-37)48-45(53)58-30-28-56-43(51)4-2)62-38-25-19-35(20-26-38)49-46(54)59-39(31-65-40-11-7-5-8-12-40)32-66-41-13-9-6-10-14-41;25-13-22-16-1-7-19(8-2-16)28-31(32,29-20-9-3-17(4-10-20)23-14-26)30-21-11-5-18(6-12-21)24-15-27;16-13(11-17-14-7-3-1-4-8-14)12-18-15-9-5-2-6-10-15;1-2-5(7)8-4-3-6/h3-26,39H,1-2,27-32H2,(H,47,52)(H,48,53)(H,49,54);1-12H;1-10,13,16H,11-12H2;2,6H,1,3-4H2. The Labute approximate surface area is 741 Å². The summed E-state index contributed by atoms with van der Waals surface area (Å²) < 4.78 is 66.0. The van der Waals surface area contributed by atoms with Crippen molar-refractivity contribution in [1.82, 2.24) is 0 Å². The van der Waals surface area contributed by atoms with Crippen LogP contribution in [0.2, 0.25) is 0 Å². The first-order valence-electron chi connectivity index (χ1n) is 36.6. The normalized spacial score (nSPS) is 10.7. The number of thioether (sulfide) groups is 4. The second-order valence-electron chi connectivity index (χ2n) is 23.8. The average molecular weight is 1830 g/mol. The largest absolute Gasteiger partial charge is 0.490 e. The molecule has 0 atom stereocenters. The van der Waals surface area contributed by atoms with Gasteiger partial charge in [-0.2, -0.15) is 15.0 Å². The summed E-state index contributed by atoms with van der Waals surface area (Å²) in [5.74, 6) is 2.43. The van der Waals surface area contributed by atoms with Crippen molar-refractivity contribution in [2.45, 2.75) is 31.8 Å². The van der Waals surface area contributed by atoms with Crippen LogP contribution in [0, 0.1) is 0 Å². The fourth-order valence-electron chi connectivity index (χ4n) is 9.06. The summed E-state index contributed by atoms with van der Waals surface area (Å²) in [4.78, 5) is 116. The minimum atomic E-state index is -3.76. The van der Waals surface area contributed by atoms with Gasteiger partial charge in [0, 0.05) is 101 Å². The van der Waals surface area contributed by atoms with E-state index in [2.05, 4.69) is 79.7 Å². The summed E-state index contributed by atoms with van der Waals surface area (Å²) in [7, 11) is 0. The third-order valence-electron chi connectivity index (χ3n) is 14.6. The summed E-state index contributed by atoms with van der Waals surface area (Å²) in [6.45, 7) is 1.79. The molecular formula is C87H80N6O23P2S6. The molecule has 0 saturated heterocycles. The Morgan fingerprint density at radius 2 is 0.597 bits per heavy atom. The lowest BCUT2D eigenvalue weighted by Gasteiger charge is -2.23. The molecule has 0 fully saturated rings. The summed E-state index contributed by atoms with van der Waals surface area (Å²) >= 11 is 18.1. The second-order valence-corrected chi connectivity index (χ2v) is 33.7. The molecule has 10 rings (SSSR count). The molecule has 5 N–H and O–H groups in total. The molecule has 37 heteroatoms. The van der Waals surface area contributed by atoms with Gasteiger partial charge in [-0.05, 0) is 194 Å². The van der Waals surface area contributed by atoms with Crippen LogP contribution in [0.4, 0.5) is 48.5 Å². The zero-order chi connectivity index (χ0) is 88.8. The number of aliphatic hydroxyl groups is 2. The highest BCUT2D eigenvalue weighted by Crippen LogP contribution is 2.52. The molecule has 124 heavy (non-hydrogen) atoms. The highest BCUT2D eigenvalue weighted by atomic mass is 32.5. The lowest BCUT2D eigenvalue weighted by atomic mass is 10.3. The molecule has 10 aromatic rings. The number of rotatable bonds is 42. The minimum absolute atomic E-state index is 0.0465. The van der Waals surface area contributed by atoms with Gasteiger partial charge >= 0.3 is 49.6 Å². The van der Waals surface area contributed by atoms with Crippen LogP contribution in [0.25, 0.3) is 0 Å². The van der Waals surface area contributed by atoms with E-state index in [9.17, 15) is 48.3 Å². The smallest absolute Gasteiger partial charge is 0.460 e. The molecule has 0 aromatic heterocycles. The van der Waals surface area contributed by atoms with Crippen LogP contribution < -0.4 is 43.1 Å². The van der Waals surface area contributed by atoms with Crippen molar-refractivity contribution in [3.8, 4) is 34.5 Å². The average Bonchev–Trinajstić information content (AvgIpc) is 0.824. The lowest BCUT2D eigenvalue weighted by Crippen LogP contribution is -2.26. The minimum Gasteiger partial charge on any atom is -0.460 e. The molecule has 0 spiro atoms. The van der Waals surface area contributed by atoms with Crippen LogP contribution in [0.5, 0.6) is 34.5 Å². The zero-order valence-electron chi connectivity index (χ0n) is 65.6. The van der Waals surface area contributed by atoms with Crippen molar-refractivity contribution in [3.63, 3.8) is 0 Å². The van der Waals surface area contributed by atoms with Gasteiger partial charge in [-0.25, -0.2) is 43.2 Å². The van der Waals surface area contributed by atoms with E-state index in [1.54, 1.807) is 144 Å². The number of aliphatic imine (C=N–C) groups is 3. The predicted octanol–water partition coefficient (Wildman–Crippen LogP) is 19.5. The van der Waals surface area contributed by atoms with E-state index in [-0.39, 0.29) is 63.0 Å². The summed E-state index contributed by atoms with van der Waals surface area (Å²) in [5.41, 5.74) is 2.29. The van der Waals surface area contributed by atoms with E-state index in [1.807, 2.05) is 97.1 Å². The van der Waals surface area contributed by atoms with Gasteiger partial charge in [0.05, 0.1) is 29.8 Å². The molecule has 10 aromatic carbocycles. The number of carbonyl (C=O) groups excluding carboxylic acids is 9. The first kappa shape index (κ1) is 98.3. The quantitative estimate of drug-likeness (QED) is 0.00347. The van der Waals surface area contributed by atoms with Crippen molar-refractivity contribution in [3.05, 3.63) is 305 Å². The monoisotopic (exact) mass is 1830 g/mol. The van der Waals surface area contributed by atoms with Crippen LogP contribution in [0.15, 0.2) is 339 Å². The number of isocyanates is 3. The molecule has 0 aliphatic carbocycles. The number of hydrogen-bond donors (Lipinski definition) is 5. The number of ether oxygens (including phenoxy) is 6. The van der Waals surface area contributed by atoms with Gasteiger partial charge in [-0.1, -0.05) is 92.5 Å². The summed E-state index contributed by atoms with van der Waals surface area (Å²) in [5, 5.41) is 25.9. The van der Waals surface area contributed by atoms with E-state index in [1.165, 1.54) is 76.6 Å². The zero-order valence-corrected chi connectivity index (χ0v) is 72.3. The molecule has 0 unspecified atom stereocenters. The van der Waals surface area contributed by atoms with Gasteiger partial charge < -0.3 is 65.8 Å². The molecule has 3 amide bonds. The maximum Gasteiger partial charge on any atom is 0.490 e. The highest BCUT2D eigenvalue weighted by Gasteiger charge is 2.29. The first-order chi connectivity index (χ1) is 60.1. The Morgan fingerprint density at radius 1 is 0.355 bits per heavy atom. The van der Waals surface area contributed by atoms with Gasteiger partial charge in [0.25, 0.3) is 0 Å². The van der Waals surface area contributed by atoms with Crippen LogP contribution in [-0.2, 0) is 80.8 Å². The number of amides is 3. The number of hydrogen-bond acceptors (Lipinski definition) is 32. The van der Waals surface area contributed by atoms with Crippen molar-refractivity contribution < 1.29 is 109 Å². The number of carbonyl (C=O) groups is 6. The molecule has 0 radical (unpaired) electrons. The molecule has 642 valence electrons. The Morgan fingerprint density at radius 3 is 0.855 bits per heavy atom. The van der Waals surface area contributed by atoms with Crippen LogP contribution in [0.3, 0.4) is 0 Å². The number of nitrogens with one attached hydrogen (secondary N) is 3. The van der Waals surface area contributed by atoms with Crippen LogP contribution >= 0.6 is 60.5 Å². The Kier molecular flexibility index (Phi) is 44.4. The predicted molar refractivity (Wildman–Crippen MR) is 483 cm³/mol. The third-order valence-corrected chi connectivity index (χ3v) is 23.2. The van der Waals surface area contributed by atoms with Crippen molar-refractivity contribution in [2.75, 3.05) is 78.6 Å². The van der Waals surface area contributed by atoms with Gasteiger partial charge in [0.1, 0.15) is 73.6 Å². The number of nitrogens with zero attached hydrogens (tertiary/aromatic N) is 3. The number of aliphatic hydroxyl groups excluding tert-OH is 2. The van der Waals surface area contributed by atoms with Gasteiger partial charge in [0.2, 0.25) is 18.2 Å². The van der Waals surface area contributed by atoms with E-state index in [0.717, 1.165) is 39.5 Å². The third kappa shape index (κ3) is 40.3. The molecule has 0 aliphatic rings. The maximum absolute atomic E-state index is 13.2. The van der Waals surface area contributed by atoms with E-state index in [0.29, 0.717) is 62.9 Å². The molecule has 0 bridgehead atoms. The maximum atomic E-state index is 13.2. The number of benzene rings is 10. The number of anilines is 3. The van der Waals surface area contributed by atoms with Crippen molar-refractivity contribution in [1.29, 1.82) is 0 Å². The van der Waals surface area contributed by atoms with E-state index in [4.69, 9.17) is 79.5 Å². The van der Waals surface area contributed by atoms with E-state index >= 15 is 0 Å². The van der Waals surface area contributed by atoms with Crippen molar-refractivity contribution >= 4 is 173 Å². The Balaban J connectivity index is 0.000000295. The SMILES string of the molecule is C=CC(=O)OCCO.C=CC(=O)OCCOC(=O)Nc1ccc(OP(=S)(Oc2ccc(NC(=O)OCCOC(=O)C=C)cc2)Oc2ccc(NC(=O)OC(CSc3ccccc3)CSc3ccccc3)cc2)cc1.O=C=Nc1ccc(OP(=S)(Oc2ccc(N=C=O)cc2)Oc2ccc(N=C=O)cc2)cc1.OC(CSc1ccccc1)CSc1ccccc1. The van der Waals surface area contributed by atoms with Gasteiger partial charge in [0.15, 0.2) is 0 Å². The first-order valence-corrected chi connectivity index (χ1v) is 45.7. The molecule has 29 nitrogen and oxygen atoms in total. The van der Waals surface area contributed by atoms with Gasteiger partial charge in [-0.15, -0.1) is 47.0 Å². The fraction of sp³-hybridized carbons (Fsp3) is 0.138. The topological polar surface area (TPSA) is 378 Å². The number of esters is 3. The molecular weight excluding hydrogens is 1750 g/mol. The molecule has 0 saturated carbocycles. The molecule has 0 aliphatic heterocycles. The fourth-order valence-corrected chi connectivity index (χ4v) is 16.9. The van der Waals surface area contributed by atoms with Crippen molar-refractivity contribution in [2.24, 2.45) is 15.0 Å². The highest BCUT2D eigenvalue weighted by molar-refractivity contribution is 8.08. The summed E-state index contributed by atoms with van der Waals surface area (Å²) in [6.07, 6.45) is 4.50. The van der Waals surface area contributed by atoms with Crippen LogP contribution in [-0.4, -0.2) is 140 Å². The van der Waals surface area contributed by atoms with E-state index < -0.39 is 55.7 Å². The summed E-state index contributed by atoms with van der Waals surface area (Å²) in [6, 6.07) is 77.2. The second kappa shape index (κ2) is 56.0. The lowest BCUT2D eigenvalue weighted by molar-refractivity contribution is -0.139. The molecule has 0 heterocycles. The Bertz CT molecular complexity index is 4950.